The fourth-order valence-corrected chi connectivity index (χ4v) is 4.35. The molecule has 0 bridgehead atoms. The van der Waals surface area contributed by atoms with Gasteiger partial charge in [0.2, 0.25) is 0 Å². The molecule has 1 aromatic rings. The summed E-state index contributed by atoms with van der Waals surface area (Å²) in [6, 6.07) is 9.02. The molecule has 0 radical (unpaired) electrons. The molecule has 1 aliphatic rings. The van der Waals surface area contributed by atoms with Gasteiger partial charge in [-0.2, -0.15) is 0 Å². The second-order valence-corrected chi connectivity index (χ2v) is 9.89. The number of nitrogens with one attached hydrogen (secondary N) is 2. The highest BCUT2D eigenvalue weighted by Crippen LogP contribution is 2.48. The second kappa shape index (κ2) is 11.9. The van der Waals surface area contributed by atoms with Crippen LogP contribution in [-0.4, -0.2) is 62.3 Å². The predicted octanol–water partition coefficient (Wildman–Crippen LogP) is 2.09. The van der Waals surface area contributed by atoms with Crippen LogP contribution in [0.3, 0.4) is 0 Å². The molecule has 0 saturated heterocycles. The summed E-state index contributed by atoms with van der Waals surface area (Å²) in [5.41, 5.74) is 0.849. The number of carbonyl (C=O) groups excluding carboxylic acids is 1. The molecule has 1 fully saturated rings. The van der Waals surface area contributed by atoms with Crippen molar-refractivity contribution in [3.05, 3.63) is 35.9 Å². The Morgan fingerprint density at radius 2 is 1.93 bits per heavy atom. The van der Waals surface area contributed by atoms with Gasteiger partial charge in [-0.3, -0.25) is 0 Å². The molecule has 1 aliphatic carbocycles. The van der Waals surface area contributed by atoms with E-state index >= 15 is 0 Å². The van der Waals surface area contributed by atoms with Gasteiger partial charge in [-0.15, -0.1) is 0 Å². The van der Waals surface area contributed by atoms with Crippen LogP contribution in [0.15, 0.2) is 30.3 Å². The summed E-state index contributed by atoms with van der Waals surface area (Å²) < 4.78 is 26.6. The van der Waals surface area contributed by atoms with Crippen molar-refractivity contribution in [1.82, 2.24) is 10.6 Å². The van der Waals surface area contributed by atoms with Crippen molar-refractivity contribution < 1.29 is 32.9 Å². The highest BCUT2D eigenvalue weighted by molar-refractivity contribution is 8.07. The molecule has 0 heterocycles. The monoisotopic (exact) mass is 478 g/mol. The van der Waals surface area contributed by atoms with Gasteiger partial charge in [-0.05, 0) is 36.0 Å². The fourth-order valence-electron chi connectivity index (χ4n) is 3.21. The largest absolute Gasteiger partial charge is 0.508 e. The normalized spacial score (nSPS) is 25.2. The van der Waals surface area contributed by atoms with Gasteiger partial charge in [0.1, 0.15) is 25.4 Å². The quantitative estimate of drug-likeness (QED) is 0.276. The molecule has 3 N–H and O–H groups in total. The average Bonchev–Trinajstić information content (AvgIpc) is 3.06. The number of thiocarbonyl (C=S) groups is 1. The maximum Gasteiger partial charge on any atom is 0.508 e. The summed E-state index contributed by atoms with van der Waals surface area (Å²) in [6.07, 6.45) is -1.49. The van der Waals surface area contributed by atoms with Crippen LogP contribution in [0, 0.1) is 5.92 Å². The minimum Gasteiger partial charge on any atom is -0.434 e. The molecule has 30 heavy (non-hydrogen) atoms. The van der Waals surface area contributed by atoms with Gasteiger partial charge >= 0.3 is 12.9 Å². The Balaban J connectivity index is 2.01. The van der Waals surface area contributed by atoms with Crippen LogP contribution in [0.2, 0.25) is 0 Å². The van der Waals surface area contributed by atoms with E-state index in [1.807, 2.05) is 30.3 Å². The van der Waals surface area contributed by atoms with Crippen LogP contribution < -0.4 is 10.6 Å². The molecule has 2 unspecified atom stereocenters. The van der Waals surface area contributed by atoms with E-state index in [0.29, 0.717) is 11.5 Å². The first kappa shape index (κ1) is 24.9. The van der Waals surface area contributed by atoms with E-state index in [2.05, 4.69) is 10.6 Å². The summed E-state index contributed by atoms with van der Waals surface area (Å²) in [4.78, 5) is 22.2. The van der Waals surface area contributed by atoms with Gasteiger partial charge in [0.25, 0.3) is 0 Å². The molecule has 168 valence electrons. The average molecular weight is 479 g/mol. The molecule has 0 aliphatic heterocycles. The maximum atomic E-state index is 12.0. The lowest BCUT2D eigenvalue weighted by Gasteiger charge is -2.28. The first-order valence-electron chi connectivity index (χ1n) is 9.21. The predicted molar refractivity (Wildman–Crippen MR) is 118 cm³/mol. The Bertz CT molecular complexity index is 755. The Kier molecular flexibility index (Phi) is 9.89. The SMILES string of the molecule is CNC(=S)N[C@@H]1C[C@H](COC(=O)OCc2ccccc2)C(OP(O)(=S)OC)[C@@H]1OC. The molecule has 1 aromatic carbocycles. The Hall–Kier alpha value is -1.33. The lowest BCUT2D eigenvalue weighted by atomic mass is 10.1. The molecule has 12 heteroatoms. The van der Waals surface area contributed by atoms with Crippen LogP contribution >= 0.6 is 18.9 Å². The van der Waals surface area contributed by atoms with E-state index in [0.717, 1.165) is 5.56 Å². The lowest BCUT2D eigenvalue weighted by Crippen LogP contribution is -2.47. The molecule has 1 saturated carbocycles. The number of rotatable bonds is 9. The van der Waals surface area contributed by atoms with Crippen molar-refractivity contribution in [2.24, 2.45) is 5.92 Å². The van der Waals surface area contributed by atoms with Crippen molar-refractivity contribution in [3.8, 4) is 0 Å². The summed E-state index contributed by atoms with van der Waals surface area (Å²) in [6.45, 7) is -3.38. The summed E-state index contributed by atoms with van der Waals surface area (Å²) in [7, 11) is 4.49. The zero-order chi connectivity index (χ0) is 22.1. The second-order valence-electron chi connectivity index (χ2n) is 6.58. The van der Waals surface area contributed by atoms with Gasteiger partial charge in [0.05, 0.1) is 6.04 Å². The number of benzene rings is 1. The van der Waals surface area contributed by atoms with Crippen LogP contribution in [0.25, 0.3) is 0 Å². The minimum absolute atomic E-state index is 0.0122. The number of methoxy groups -OCH3 is 1. The van der Waals surface area contributed by atoms with Crippen molar-refractivity contribution in [1.29, 1.82) is 0 Å². The molecular formula is C18H27N2O7PS2. The van der Waals surface area contributed by atoms with Crippen molar-refractivity contribution >= 4 is 42.0 Å². The molecule has 2 rings (SSSR count). The zero-order valence-corrected chi connectivity index (χ0v) is 19.5. The Labute approximate surface area is 186 Å². The highest BCUT2D eigenvalue weighted by Gasteiger charge is 2.47. The lowest BCUT2D eigenvalue weighted by molar-refractivity contribution is -0.0251. The van der Waals surface area contributed by atoms with Crippen molar-refractivity contribution in [2.45, 2.75) is 31.3 Å². The van der Waals surface area contributed by atoms with Gasteiger partial charge < -0.3 is 38.8 Å². The molecule has 5 atom stereocenters. The van der Waals surface area contributed by atoms with Gasteiger partial charge in [-0.25, -0.2) is 4.79 Å². The topological polar surface area (TPSA) is 108 Å². The van der Waals surface area contributed by atoms with Gasteiger partial charge in [0.15, 0.2) is 5.11 Å². The van der Waals surface area contributed by atoms with Crippen LogP contribution in [-0.2, 0) is 41.7 Å². The first-order chi connectivity index (χ1) is 14.3. The van der Waals surface area contributed by atoms with E-state index < -0.39 is 25.1 Å². The Morgan fingerprint density at radius 3 is 2.53 bits per heavy atom. The third kappa shape index (κ3) is 7.42. The molecule has 9 nitrogen and oxygen atoms in total. The molecule has 0 aromatic heterocycles. The van der Waals surface area contributed by atoms with E-state index in [4.69, 9.17) is 47.3 Å². The standard InChI is InChI=1S/C18H27N2O7PS2/c1-19-17(29)20-14-9-13(15(16(14)23-2)27-28(22,30)24-3)11-26-18(21)25-10-12-7-5-4-6-8-12/h4-8,13-16H,9-11H2,1-3H3,(H,22,30)(H2,19,20,29)/t13-,14-,15?,16-,28?/m1/s1. The number of hydrogen-bond donors (Lipinski definition) is 3. The third-order valence-corrected chi connectivity index (χ3v) is 6.66. The van der Waals surface area contributed by atoms with Gasteiger partial charge in [0, 0.05) is 27.2 Å². The van der Waals surface area contributed by atoms with Crippen LogP contribution in [0.4, 0.5) is 4.79 Å². The van der Waals surface area contributed by atoms with Crippen molar-refractivity contribution in [2.75, 3.05) is 27.9 Å². The molecule has 0 amide bonds. The summed E-state index contributed by atoms with van der Waals surface area (Å²) >= 11 is 10.2. The number of ether oxygens (including phenoxy) is 3. The number of hydrogen-bond acceptors (Lipinski definition) is 8. The van der Waals surface area contributed by atoms with Crippen LogP contribution in [0.1, 0.15) is 12.0 Å². The smallest absolute Gasteiger partial charge is 0.434 e. The summed E-state index contributed by atoms with van der Waals surface area (Å²) in [5, 5.41) is 6.40. The van der Waals surface area contributed by atoms with Crippen LogP contribution in [0.5, 0.6) is 0 Å². The van der Waals surface area contributed by atoms with E-state index in [1.165, 1.54) is 14.2 Å². The third-order valence-electron chi connectivity index (χ3n) is 4.66. The Morgan fingerprint density at radius 1 is 1.23 bits per heavy atom. The van der Waals surface area contributed by atoms with E-state index in [-0.39, 0.29) is 25.2 Å². The summed E-state index contributed by atoms with van der Waals surface area (Å²) in [5.74, 6) is -0.332. The molecular weight excluding hydrogens is 451 g/mol. The zero-order valence-electron chi connectivity index (χ0n) is 17.0. The highest BCUT2D eigenvalue weighted by atomic mass is 32.5. The maximum absolute atomic E-state index is 12.0. The number of carbonyl (C=O) groups is 1. The fraction of sp³-hybridized carbons (Fsp3) is 0.556. The minimum atomic E-state index is -3.47. The van der Waals surface area contributed by atoms with E-state index in [9.17, 15) is 9.69 Å². The van der Waals surface area contributed by atoms with Gasteiger partial charge in [-0.1, -0.05) is 30.3 Å². The molecule has 0 spiro atoms. The first-order valence-corrected chi connectivity index (χ1v) is 12.2. The van der Waals surface area contributed by atoms with Crippen molar-refractivity contribution in [3.63, 3.8) is 0 Å². The van der Waals surface area contributed by atoms with E-state index in [1.54, 1.807) is 7.05 Å².